The van der Waals surface area contributed by atoms with Gasteiger partial charge in [-0.05, 0) is 29.8 Å². The predicted octanol–water partition coefficient (Wildman–Crippen LogP) is 3.54. The number of hydrogen-bond acceptors (Lipinski definition) is 9. The van der Waals surface area contributed by atoms with Gasteiger partial charge in [-0.25, -0.2) is 14.4 Å². The Kier molecular flexibility index (Phi) is 5.98. The van der Waals surface area contributed by atoms with E-state index in [2.05, 4.69) is 36.5 Å². The number of fused-ring (bicyclic) bond motifs is 1. The van der Waals surface area contributed by atoms with E-state index in [4.69, 9.17) is 21.5 Å². The molecule has 0 fully saturated rings. The Balaban J connectivity index is 1.71. The smallest absolute Gasteiger partial charge is 0.211 e. The fraction of sp³-hybridized carbons (Fsp3) is 0.0909. The number of nitrogens with two attached hydrogens (primary N) is 2. The highest BCUT2D eigenvalue weighted by molar-refractivity contribution is 9.10. The summed E-state index contributed by atoms with van der Waals surface area (Å²) in [5.74, 6) is 0.485. The number of benzene rings is 2. The zero-order valence-corrected chi connectivity index (χ0v) is 18.5. The first kappa shape index (κ1) is 21.9. The number of aromatic nitrogens is 1. The van der Waals surface area contributed by atoms with E-state index in [1.54, 1.807) is 42.6 Å². The molecule has 0 bridgehead atoms. The largest absolute Gasteiger partial charge is 0.489 e. The van der Waals surface area contributed by atoms with Gasteiger partial charge in [0, 0.05) is 15.6 Å². The first-order valence-electron chi connectivity index (χ1n) is 9.56. The minimum atomic E-state index is -0.703. The van der Waals surface area contributed by atoms with Gasteiger partial charge in [0.1, 0.15) is 47.5 Å². The van der Waals surface area contributed by atoms with Gasteiger partial charge >= 0.3 is 0 Å². The van der Waals surface area contributed by atoms with Gasteiger partial charge in [-0.3, -0.25) is 5.32 Å². The van der Waals surface area contributed by atoms with Gasteiger partial charge in [0.25, 0.3) is 0 Å². The SMILES string of the molecule is N#CNC1=NC(c2cccc(OCc3ccc(Br)cc3F)c2)c2c(nc(N)c(C#N)c2N)N1. The second-order valence-electron chi connectivity index (χ2n) is 7.00. The van der Waals surface area contributed by atoms with E-state index in [0.717, 1.165) is 0 Å². The van der Waals surface area contributed by atoms with Gasteiger partial charge in [0.15, 0.2) is 6.19 Å². The summed E-state index contributed by atoms with van der Waals surface area (Å²) in [7, 11) is 0. The van der Waals surface area contributed by atoms with Crippen molar-refractivity contribution in [3.8, 4) is 18.0 Å². The summed E-state index contributed by atoms with van der Waals surface area (Å²) in [6.07, 6.45) is 1.80. The lowest BCUT2D eigenvalue weighted by Crippen LogP contribution is -2.32. The molecule has 33 heavy (non-hydrogen) atoms. The van der Waals surface area contributed by atoms with Crippen LogP contribution in [-0.2, 0) is 6.61 Å². The first-order valence-corrected chi connectivity index (χ1v) is 10.4. The first-order chi connectivity index (χ1) is 15.9. The number of halogens is 2. The average Bonchev–Trinajstić information content (AvgIpc) is 2.78. The Morgan fingerprint density at radius 1 is 1.21 bits per heavy atom. The van der Waals surface area contributed by atoms with E-state index in [0.29, 0.717) is 26.9 Å². The minimum absolute atomic E-state index is 0.0225. The molecular formula is C22H16BrFN8O. The number of pyridine rings is 1. The Hall–Kier alpha value is -4.35. The van der Waals surface area contributed by atoms with E-state index in [9.17, 15) is 9.65 Å². The minimum Gasteiger partial charge on any atom is -0.489 e. The van der Waals surface area contributed by atoms with Gasteiger partial charge in [0.2, 0.25) is 5.96 Å². The van der Waals surface area contributed by atoms with Crippen molar-refractivity contribution in [1.29, 1.82) is 10.5 Å². The maximum atomic E-state index is 14.1. The second-order valence-corrected chi connectivity index (χ2v) is 7.91. The molecule has 4 rings (SSSR count). The van der Waals surface area contributed by atoms with E-state index < -0.39 is 6.04 Å². The van der Waals surface area contributed by atoms with Crippen LogP contribution in [0.4, 0.5) is 21.7 Å². The number of rotatable bonds is 4. The average molecular weight is 507 g/mol. The fourth-order valence-corrected chi connectivity index (χ4v) is 3.73. The molecule has 1 aliphatic heterocycles. The van der Waals surface area contributed by atoms with Crippen molar-refractivity contribution in [3.63, 3.8) is 0 Å². The van der Waals surface area contributed by atoms with Crippen LogP contribution in [0.2, 0.25) is 0 Å². The molecule has 1 aromatic heterocycles. The third-order valence-electron chi connectivity index (χ3n) is 4.94. The molecule has 164 valence electrons. The number of nitrogens with one attached hydrogen (secondary N) is 2. The number of nitrogens with zero attached hydrogens (tertiary/aromatic N) is 4. The summed E-state index contributed by atoms with van der Waals surface area (Å²) in [5.41, 5.74) is 13.8. The Bertz CT molecular complexity index is 1360. The van der Waals surface area contributed by atoms with Crippen LogP contribution in [0.1, 0.15) is 28.3 Å². The summed E-state index contributed by atoms with van der Waals surface area (Å²) in [5, 5.41) is 23.8. The molecule has 0 aliphatic carbocycles. The van der Waals surface area contributed by atoms with E-state index in [1.165, 1.54) is 6.07 Å². The molecule has 1 aliphatic rings. The number of hydrogen-bond donors (Lipinski definition) is 4. The van der Waals surface area contributed by atoms with Crippen LogP contribution >= 0.6 is 15.9 Å². The summed E-state index contributed by atoms with van der Waals surface area (Å²) in [6.45, 7) is 0.0225. The molecule has 0 saturated carbocycles. The Morgan fingerprint density at radius 3 is 2.76 bits per heavy atom. The molecule has 2 heterocycles. The van der Waals surface area contributed by atoms with Gasteiger partial charge in [-0.15, -0.1) is 0 Å². The van der Waals surface area contributed by atoms with Crippen molar-refractivity contribution < 1.29 is 9.13 Å². The van der Waals surface area contributed by atoms with Crippen LogP contribution in [0.15, 0.2) is 51.9 Å². The molecule has 11 heteroatoms. The van der Waals surface area contributed by atoms with Crippen LogP contribution in [0.5, 0.6) is 5.75 Å². The Labute approximate surface area is 196 Å². The molecule has 3 aromatic rings. The molecule has 9 nitrogen and oxygen atoms in total. The highest BCUT2D eigenvalue weighted by Gasteiger charge is 2.29. The number of nitriles is 2. The molecule has 0 amide bonds. The third kappa shape index (κ3) is 4.35. The van der Waals surface area contributed by atoms with Crippen LogP contribution in [0.25, 0.3) is 0 Å². The van der Waals surface area contributed by atoms with E-state index in [-0.39, 0.29) is 41.3 Å². The number of aliphatic imine (C=N–C) groups is 1. The van der Waals surface area contributed by atoms with Crippen molar-refractivity contribution in [3.05, 3.63) is 75.0 Å². The van der Waals surface area contributed by atoms with Crippen molar-refractivity contribution in [2.75, 3.05) is 16.8 Å². The predicted molar refractivity (Wildman–Crippen MR) is 124 cm³/mol. The van der Waals surface area contributed by atoms with E-state index in [1.807, 2.05) is 6.07 Å². The lowest BCUT2D eigenvalue weighted by molar-refractivity contribution is 0.299. The zero-order chi connectivity index (χ0) is 23.5. The summed E-state index contributed by atoms with van der Waals surface area (Å²) in [4.78, 5) is 8.74. The molecule has 6 N–H and O–H groups in total. The molecule has 1 unspecified atom stereocenters. The lowest BCUT2D eigenvalue weighted by atomic mass is 9.95. The van der Waals surface area contributed by atoms with Gasteiger partial charge < -0.3 is 21.5 Å². The van der Waals surface area contributed by atoms with Gasteiger partial charge in [-0.2, -0.15) is 10.5 Å². The number of nitrogen functional groups attached to an aromatic ring is 2. The molecule has 0 spiro atoms. The molecule has 2 aromatic carbocycles. The summed E-state index contributed by atoms with van der Waals surface area (Å²) >= 11 is 3.23. The van der Waals surface area contributed by atoms with Crippen molar-refractivity contribution in [2.45, 2.75) is 12.6 Å². The van der Waals surface area contributed by atoms with Crippen LogP contribution in [-0.4, -0.2) is 10.9 Å². The number of anilines is 3. The molecule has 0 saturated heterocycles. The zero-order valence-electron chi connectivity index (χ0n) is 16.9. The van der Waals surface area contributed by atoms with Gasteiger partial charge in [-0.1, -0.05) is 34.1 Å². The molecule has 1 atom stereocenters. The van der Waals surface area contributed by atoms with Crippen molar-refractivity contribution in [1.82, 2.24) is 10.3 Å². The highest BCUT2D eigenvalue weighted by Crippen LogP contribution is 2.41. The van der Waals surface area contributed by atoms with Crippen LogP contribution < -0.4 is 26.8 Å². The fourth-order valence-electron chi connectivity index (χ4n) is 3.40. The van der Waals surface area contributed by atoms with Gasteiger partial charge in [0.05, 0.1) is 5.69 Å². The molecule has 0 radical (unpaired) electrons. The van der Waals surface area contributed by atoms with Crippen molar-refractivity contribution >= 4 is 39.2 Å². The second kappa shape index (κ2) is 9.02. The van der Waals surface area contributed by atoms with E-state index >= 15 is 0 Å². The quantitative estimate of drug-likeness (QED) is 0.308. The molecular weight excluding hydrogens is 491 g/mol. The Morgan fingerprint density at radius 2 is 2.03 bits per heavy atom. The summed E-state index contributed by atoms with van der Waals surface area (Å²) < 4.78 is 20.6. The topological polar surface area (TPSA) is 158 Å². The maximum absolute atomic E-state index is 14.1. The summed E-state index contributed by atoms with van der Waals surface area (Å²) in [6, 6.07) is 13.0. The standard InChI is InChI=1S/C22H16BrFN8O/c23-13-5-4-12(16(24)7-13)9-33-14-3-1-2-11(6-14)19-17-18(27)15(8-25)20(28)31-21(17)32-22(30-19)29-10-26/h1-7,19H,9H2,(H6,27,28,29,30,31,32). The number of guanidine groups is 1. The van der Waals surface area contributed by atoms with Crippen LogP contribution in [0, 0.1) is 28.6 Å². The van der Waals surface area contributed by atoms with Crippen molar-refractivity contribution in [2.24, 2.45) is 4.99 Å². The van der Waals surface area contributed by atoms with Crippen LogP contribution in [0.3, 0.4) is 0 Å². The third-order valence-corrected chi connectivity index (χ3v) is 5.43. The lowest BCUT2D eigenvalue weighted by Gasteiger charge is -2.26. The number of ether oxygens (including phenoxy) is 1. The highest BCUT2D eigenvalue weighted by atomic mass is 79.9. The normalized spacial score (nSPS) is 14.2. The maximum Gasteiger partial charge on any atom is 0.211 e. The monoisotopic (exact) mass is 506 g/mol.